The number of rotatable bonds is 16. The van der Waals surface area contributed by atoms with E-state index in [9.17, 15) is 0 Å². The number of aromatic nitrogens is 12. The van der Waals surface area contributed by atoms with Gasteiger partial charge in [-0.25, -0.2) is 29.9 Å². The van der Waals surface area contributed by atoms with E-state index in [4.69, 9.17) is 29.9 Å². The number of hydrogen-bond donors (Lipinski definition) is 2. The lowest BCUT2D eigenvalue weighted by Gasteiger charge is -2.21. The molecular weight excluding hydrogens is 1280 g/mol. The molecule has 0 unspecified atom stereocenters. The van der Waals surface area contributed by atoms with Gasteiger partial charge < -0.3 is 47.8 Å². The summed E-state index contributed by atoms with van der Waals surface area (Å²) < 4.78 is 9.25. The standard InChI is InChI=1S/C88H74N16/c1-97(2)73-77(101-65(57-33-17-9-18-34-57)49-50-66(101)58-35-19-10-20-36-58)85-90-81(73)89-82-74(98(3)4)79(103-69(61-41-25-13-26-42-61)53-54-70(103)62-43-27-14-28-44-62)87(91-82)96-88-80(104-71(63-45-29-15-30-46-63)55-56-72(104)64-47-31-16-32-48-64)76(100(7)8)84(95-88)94-86-78(75(99(5)6)83(92-85)93-86)102-67(59-37-21-11-22-38-59)51-52-68(102)60-39-23-12-24-40-60/h9-56H,1-8H3,(H2,89,90,91,92,93,94,95,96). The van der Waals surface area contributed by atoms with E-state index in [2.05, 4.69) is 395 Å². The summed E-state index contributed by atoms with van der Waals surface area (Å²) >= 11 is 0. The van der Waals surface area contributed by atoms with Gasteiger partial charge in [0.15, 0.2) is 45.9 Å². The van der Waals surface area contributed by atoms with Crippen LogP contribution >= 0.6 is 0 Å². The van der Waals surface area contributed by atoms with Crippen molar-refractivity contribution in [1.82, 2.24) is 67.9 Å². The highest BCUT2D eigenvalue weighted by Crippen LogP contribution is 2.47. The van der Waals surface area contributed by atoms with Crippen molar-refractivity contribution in [1.29, 1.82) is 0 Å². The molecule has 16 nitrogen and oxygen atoms in total. The Labute approximate surface area is 603 Å². The first-order chi connectivity index (χ1) is 50.9. The summed E-state index contributed by atoms with van der Waals surface area (Å²) in [5, 5.41) is 0. The van der Waals surface area contributed by atoms with Crippen LogP contribution in [0.1, 0.15) is 23.3 Å². The largest absolute Gasteiger partial charge is 0.373 e. The van der Waals surface area contributed by atoms with E-state index >= 15 is 0 Å². The van der Waals surface area contributed by atoms with Crippen LogP contribution in [0.15, 0.2) is 291 Å². The molecule has 0 aliphatic carbocycles. The zero-order chi connectivity index (χ0) is 70.7. The van der Waals surface area contributed by atoms with E-state index in [0.29, 0.717) is 68.7 Å². The zero-order valence-electron chi connectivity index (χ0n) is 59.0. The minimum atomic E-state index is 0.391. The van der Waals surface area contributed by atoms with E-state index < -0.39 is 0 Å². The lowest BCUT2D eigenvalue weighted by atomic mass is 10.1. The number of nitrogens with zero attached hydrogens (tertiary/aromatic N) is 14. The summed E-state index contributed by atoms with van der Waals surface area (Å²) in [6.07, 6.45) is 0. The molecule has 0 atom stereocenters. The van der Waals surface area contributed by atoms with Gasteiger partial charge in [-0.05, 0) is 93.0 Å². The number of anilines is 2. The second-order valence-corrected chi connectivity index (χ2v) is 26.7. The third kappa shape index (κ3) is 11.1. The maximum atomic E-state index is 6.08. The Morgan fingerprint density at radius 3 is 0.635 bits per heavy atom. The summed E-state index contributed by atoms with van der Waals surface area (Å²) in [5.41, 5.74) is 23.2. The van der Waals surface area contributed by atoms with Crippen molar-refractivity contribution < 1.29 is 0 Å². The normalized spacial score (nSPS) is 12.2. The van der Waals surface area contributed by atoms with Crippen LogP contribution in [-0.2, 0) is 0 Å². The summed E-state index contributed by atoms with van der Waals surface area (Å²) in [6.45, 7) is 0. The molecule has 2 aliphatic rings. The van der Waals surface area contributed by atoms with Crippen LogP contribution in [0.25, 0.3) is 147 Å². The first kappa shape index (κ1) is 63.8. The smallest absolute Gasteiger partial charge is 0.183 e. The van der Waals surface area contributed by atoms with Crippen LogP contribution in [0.4, 0.5) is 11.4 Å². The first-order valence-corrected chi connectivity index (χ1v) is 34.8. The molecule has 2 aliphatic heterocycles. The first-order valence-electron chi connectivity index (χ1n) is 34.8. The SMILES string of the molecule is CN(C)C1=C(n2c(-c3ccccc3)ccc2-c2ccccc2)c2nc1nc1[nH]c(nc3nc(nc4[nH]c(n2)c(N(C)C)c4-n2c(-c4ccccc4)ccc2-c2ccccc2)C(n2c(-c4ccccc4)ccc2-c2ccccc2)=C3N(C)C)c(N(C)C)c1-n1c(-c2ccccc2)ccc1-c1ccccc1. The van der Waals surface area contributed by atoms with Gasteiger partial charge in [-0.2, -0.15) is 0 Å². The molecule has 0 saturated heterocycles. The molecule has 104 heavy (non-hydrogen) atoms. The minimum absolute atomic E-state index is 0.391. The van der Waals surface area contributed by atoms with Crippen molar-refractivity contribution in [2.24, 2.45) is 0 Å². The molecule has 16 heteroatoms. The molecule has 506 valence electrons. The molecule has 0 radical (unpaired) electrons. The highest BCUT2D eigenvalue weighted by molar-refractivity contribution is 6.00. The van der Waals surface area contributed by atoms with Gasteiger partial charge in [-0.1, -0.05) is 243 Å². The van der Waals surface area contributed by atoms with Gasteiger partial charge in [0.25, 0.3) is 0 Å². The molecule has 8 aromatic carbocycles. The number of hydrogen-bond acceptors (Lipinski definition) is 10. The van der Waals surface area contributed by atoms with Gasteiger partial charge in [-0.15, -0.1) is 0 Å². The van der Waals surface area contributed by atoms with Crippen molar-refractivity contribution in [3.63, 3.8) is 0 Å². The summed E-state index contributed by atoms with van der Waals surface area (Å²) in [5.74, 6) is 1.60. The number of aromatic amines is 2. The molecular formula is C88H74N16. The number of benzene rings is 8. The van der Waals surface area contributed by atoms with Gasteiger partial charge in [0.05, 0.1) is 45.6 Å². The topological polar surface area (TPSA) is 142 Å². The third-order valence-corrected chi connectivity index (χ3v) is 19.2. The Kier molecular flexibility index (Phi) is 16.3. The van der Waals surface area contributed by atoms with E-state index in [1.54, 1.807) is 0 Å². The molecule has 17 rings (SSSR count). The number of nitrogens with one attached hydrogen (secondary N) is 2. The monoisotopic (exact) mass is 1350 g/mol. The third-order valence-electron chi connectivity index (χ3n) is 19.2. The predicted octanol–water partition coefficient (Wildman–Crippen LogP) is 18.4. The number of fused-ring (bicyclic) bond motifs is 8. The molecule has 0 amide bonds. The van der Waals surface area contributed by atoms with Crippen LogP contribution < -0.4 is 9.80 Å². The molecule has 2 N–H and O–H groups in total. The summed E-state index contributed by atoms with van der Waals surface area (Å²) in [7, 11) is 16.5. The Hall–Kier alpha value is -13.6. The summed E-state index contributed by atoms with van der Waals surface area (Å²) in [4.78, 5) is 52.1. The van der Waals surface area contributed by atoms with E-state index in [0.717, 1.165) is 113 Å². The van der Waals surface area contributed by atoms with Gasteiger partial charge in [0, 0.05) is 56.4 Å². The zero-order valence-corrected chi connectivity index (χ0v) is 59.0. The van der Waals surface area contributed by atoms with Gasteiger partial charge in [0.2, 0.25) is 0 Å². The molecule has 7 aromatic heterocycles. The van der Waals surface area contributed by atoms with Crippen LogP contribution in [0.5, 0.6) is 0 Å². The van der Waals surface area contributed by atoms with Gasteiger partial charge >= 0.3 is 0 Å². The maximum Gasteiger partial charge on any atom is 0.183 e. The Balaban J connectivity index is 1.11. The summed E-state index contributed by atoms with van der Waals surface area (Å²) in [6, 6.07) is 102. The Bertz CT molecular complexity index is 5710. The quantitative estimate of drug-likeness (QED) is 0.0960. The van der Waals surface area contributed by atoms with Gasteiger partial charge in [-0.3, -0.25) is 0 Å². The highest BCUT2D eigenvalue weighted by atomic mass is 15.3. The average Bonchev–Trinajstić information content (AvgIpc) is 1.58. The van der Waals surface area contributed by atoms with Crippen molar-refractivity contribution in [2.45, 2.75) is 0 Å². The molecule has 0 spiro atoms. The van der Waals surface area contributed by atoms with Crippen LogP contribution in [0, 0.1) is 0 Å². The maximum absolute atomic E-state index is 6.08. The lowest BCUT2D eigenvalue weighted by Crippen LogP contribution is -2.15. The average molecular weight is 1360 g/mol. The van der Waals surface area contributed by atoms with Crippen LogP contribution in [-0.4, -0.2) is 124 Å². The molecule has 8 bridgehead atoms. The fourth-order valence-corrected chi connectivity index (χ4v) is 14.7. The molecule has 15 aromatic rings. The fraction of sp³-hybridized carbons (Fsp3) is 0.0909. The fourth-order valence-electron chi connectivity index (χ4n) is 14.7. The lowest BCUT2D eigenvalue weighted by molar-refractivity contribution is 0.588. The van der Waals surface area contributed by atoms with Crippen molar-refractivity contribution in [2.75, 3.05) is 66.2 Å². The molecule has 9 heterocycles. The molecule has 0 fully saturated rings. The minimum Gasteiger partial charge on any atom is -0.373 e. The van der Waals surface area contributed by atoms with Crippen molar-refractivity contribution in [3.8, 4) is 101 Å². The van der Waals surface area contributed by atoms with E-state index in [1.165, 1.54) is 0 Å². The van der Waals surface area contributed by atoms with Crippen LogP contribution in [0.3, 0.4) is 0 Å². The van der Waals surface area contributed by atoms with Crippen molar-refractivity contribution in [3.05, 3.63) is 314 Å². The van der Waals surface area contributed by atoms with Gasteiger partial charge in [0.1, 0.15) is 45.5 Å². The van der Waals surface area contributed by atoms with E-state index in [-0.39, 0.29) is 0 Å². The highest BCUT2D eigenvalue weighted by Gasteiger charge is 2.36. The number of H-pyrrole nitrogens is 2. The predicted molar refractivity (Wildman–Crippen MR) is 424 cm³/mol. The van der Waals surface area contributed by atoms with Crippen LogP contribution in [0.2, 0.25) is 0 Å². The Morgan fingerprint density at radius 1 is 0.212 bits per heavy atom. The van der Waals surface area contributed by atoms with E-state index in [1.807, 2.05) is 0 Å². The second-order valence-electron chi connectivity index (χ2n) is 26.7. The Morgan fingerprint density at radius 2 is 0.413 bits per heavy atom. The van der Waals surface area contributed by atoms with Crippen molar-refractivity contribution >= 4 is 56.8 Å². The molecule has 0 saturated carbocycles. The second kappa shape index (κ2) is 26.5.